The molecule has 4 heteroatoms. The summed E-state index contributed by atoms with van der Waals surface area (Å²) in [5.41, 5.74) is 3.09. The highest BCUT2D eigenvalue weighted by Crippen LogP contribution is 2.29. The van der Waals surface area contributed by atoms with Gasteiger partial charge in [-0.3, -0.25) is 0 Å². The van der Waals surface area contributed by atoms with E-state index in [9.17, 15) is 0 Å². The van der Waals surface area contributed by atoms with Gasteiger partial charge < -0.3 is 9.47 Å². The van der Waals surface area contributed by atoms with Crippen LogP contribution in [0.2, 0.25) is 19.6 Å². The lowest BCUT2D eigenvalue weighted by atomic mass is 10.1. The molecule has 0 aromatic heterocycles. The minimum atomic E-state index is -0.900. The van der Waals surface area contributed by atoms with E-state index >= 15 is 0 Å². The Labute approximate surface area is 121 Å². The van der Waals surface area contributed by atoms with Gasteiger partial charge in [-0.25, -0.2) is 0 Å². The highest BCUT2D eigenvalue weighted by molar-refractivity contribution is 6.65. The van der Waals surface area contributed by atoms with Crippen LogP contribution in [0.5, 0.6) is 0 Å². The maximum atomic E-state index is 6.22. The summed E-state index contributed by atoms with van der Waals surface area (Å²) in [4.78, 5) is 0. The molecule has 0 N–H and O–H groups in total. The summed E-state index contributed by atoms with van der Waals surface area (Å²) >= 11 is 0. The van der Waals surface area contributed by atoms with E-state index in [0.717, 1.165) is 13.2 Å². The lowest BCUT2D eigenvalue weighted by molar-refractivity contribution is 0.0104. The Morgan fingerprint density at radius 3 is 2.42 bits per heavy atom. The topological polar surface area (TPSA) is 18.5 Å². The standard InChI is InChI=1S/C15H30O2Si2/c1-18(2)15(9-5-7-12-17-15)10-13-19(3)14-8-4-6-11-16-14/h10,13-14,18-19H,4-9,11-12H2,1-3H3. The first kappa shape index (κ1) is 15.5. The number of hydrogen-bond donors (Lipinski definition) is 0. The van der Waals surface area contributed by atoms with Crippen molar-refractivity contribution in [3.8, 4) is 0 Å². The highest BCUT2D eigenvalue weighted by atomic mass is 28.3. The van der Waals surface area contributed by atoms with Crippen LogP contribution in [-0.2, 0) is 9.47 Å². The first-order valence-electron chi connectivity index (χ1n) is 8.09. The normalized spacial score (nSPS) is 34.8. The molecule has 0 saturated carbocycles. The zero-order valence-electron chi connectivity index (χ0n) is 12.9. The molecule has 2 fully saturated rings. The van der Waals surface area contributed by atoms with Crippen molar-refractivity contribution < 1.29 is 9.47 Å². The summed E-state index contributed by atoms with van der Waals surface area (Å²) in [5, 5.41) is 0.147. The van der Waals surface area contributed by atoms with Gasteiger partial charge in [0, 0.05) is 18.9 Å². The highest BCUT2D eigenvalue weighted by Gasteiger charge is 2.35. The number of ether oxygens (including phenoxy) is 2. The third kappa shape index (κ3) is 4.03. The van der Waals surface area contributed by atoms with Crippen molar-refractivity contribution >= 4 is 17.6 Å². The summed E-state index contributed by atoms with van der Waals surface area (Å²) in [7, 11) is -1.72. The molecule has 2 aliphatic heterocycles. The van der Waals surface area contributed by atoms with Gasteiger partial charge in [-0.15, -0.1) is 0 Å². The Kier molecular flexibility index (Phi) is 5.87. The van der Waals surface area contributed by atoms with Crippen molar-refractivity contribution in [2.75, 3.05) is 13.2 Å². The molecule has 2 rings (SSSR count). The van der Waals surface area contributed by atoms with Crippen LogP contribution >= 0.6 is 0 Å². The van der Waals surface area contributed by atoms with Crippen molar-refractivity contribution in [2.24, 2.45) is 0 Å². The van der Waals surface area contributed by atoms with Crippen LogP contribution in [-0.4, -0.2) is 41.8 Å². The van der Waals surface area contributed by atoms with Gasteiger partial charge in [-0.2, -0.15) is 0 Å². The average Bonchev–Trinajstić information content (AvgIpc) is 2.46. The van der Waals surface area contributed by atoms with E-state index in [-0.39, 0.29) is 5.22 Å². The fourth-order valence-electron chi connectivity index (χ4n) is 3.24. The van der Waals surface area contributed by atoms with Crippen LogP contribution in [0.25, 0.3) is 0 Å². The molecule has 0 aromatic rings. The lowest BCUT2D eigenvalue weighted by Crippen LogP contribution is -2.46. The van der Waals surface area contributed by atoms with Crippen molar-refractivity contribution in [1.29, 1.82) is 0 Å². The largest absolute Gasteiger partial charge is 0.382 e. The predicted molar refractivity (Wildman–Crippen MR) is 87.2 cm³/mol. The van der Waals surface area contributed by atoms with E-state index in [1.807, 2.05) is 0 Å². The van der Waals surface area contributed by atoms with E-state index < -0.39 is 17.6 Å². The Morgan fingerprint density at radius 2 is 1.84 bits per heavy atom. The van der Waals surface area contributed by atoms with E-state index in [2.05, 4.69) is 31.4 Å². The fraction of sp³-hybridized carbons (Fsp3) is 0.867. The molecule has 0 amide bonds. The Balaban J connectivity index is 1.97. The van der Waals surface area contributed by atoms with E-state index in [1.165, 1.54) is 38.5 Å². The third-order valence-corrected chi connectivity index (χ3v) is 9.89. The number of rotatable bonds is 4. The molecule has 19 heavy (non-hydrogen) atoms. The average molecular weight is 299 g/mol. The van der Waals surface area contributed by atoms with E-state index in [4.69, 9.17) is 9.47 Å². The first-order chi connectivity index (χ1) is 9.14. The third-order valence-electron chi connectivity index (χ3n) is 4.79. The molecule has 0 radical (unpaired) electrons. The second-order valence-corrected chi connectivity index (χ2v) is 12.7. The predicted octanol–water partition coefficient (Wildman–Crippen LogP) is 3.01. The van der Waals surface area contributed by atoms with Crippen LogP contribution in [0.1, 0.15) is 38.5 Å². The SMILES string of the molecule is C[SiH](C=CC1([SiH](C)C)CCCCO1)C1CCCCO1. The maximum absolute atomic E-state index is 6.22. The van der Waals surface area contributed by atoms with Crippen molar-refractivity contribution in [3.63, 3.8) is 0 Å². The minimum Gasteiger partial charge on any atom is -0.382 e. The minimum absolute atomic E-state index is 0.147. The summed E-state index contributed by atoms with van der Waals surface area (Å²) in [6.07, 6.45) is 10.2. The molecule has 0 spiro atoms. The zero-order chi connectivity index (χ0) is 13.7. The van der Waals surface area contributed by atoms with Gasteiger partial charge in [-0.05, 0) is 38.5 Å². The molecule has 0 bridgehead atoms. The van der Waals surface area contributed by atoms with Crippen molar-refractivity contribution in [1.82, 2.24) is 0 Å². The quantitative estimate of drug-likeness (QED) is 0.743. The van der Waals surface area contributed by atoms with Gasteiger partial charge in [0.2, 0.25) is 0 Å². The molecule has 2 nitrogen and oxygen atoms in total. The Hall–Kier alpha value is 0.0938. The molecule has 3 unspecified atom stereocenters. The van der Waals surface area contributed by atoms with Crippen LogP contribution in [0, 0.1) is 0 Å². The second-order valence-electron chi connectivity index (χ2n) is 6.54. The van der Waals surface area contributed by atoms with Gasteiger partial charge in [0.25, 0.3) is 0 Å². The smallest absolute Gasteiger partial charge is 0.0916 e. The monoisotopic (exact) mass is 298 g/mol. The Bertz CT molecular complexity index is 293. The van der Waals surface area contributed by atoms with Gasteiger partial charge >= 0.3 is 0 Å². The second kappa shape index (κ2) is 7.20. The molecule has 2 aliphatic rings. The maximum Gasteiger partial charge on any atom is 0.0916 e. The van der Waals surface area contributed by atoms with Gasteiger partial charge in [0.15, 0.2) is 0 Å². The first-order valence-corrected chi connectivity index (χ1v) is 13.5. The van der Waals surface area contributed by atoms with Crippen LogP contribution < -0.4 is 0 Å². The zero-order valence-corrected chi connectivity index (χ0v) is 15.2. The van der Waals surface area contributed by atoms with Gasteiger partial charge in [0.05, 0.1) is 22.8 Å². The summed E-state index contributed by atoms with van der Waals surface area (Å²) in [6, 6.07) is 0. The van der Waals surface area contributed by atoms with Crippen LogP contribution in [0.4, 0.5) is 0 Å². The molecule has 110 valence electrons. The molecular weight excluding hydrogens is 268 g/mol. The molecule has 2 heterocycles. The molecule has 0 aliphatic carbocycles. The van der Waals surface area contributed by atoms with Crippen LogP contribution in [0.3, 0.4) is 0 Å². The summed E-state index contributed by atoms with van der Waals surface area (Å²) < 4.78 is 12.2. The van der Waals surface area contributed by atoms with Crippen LogP contribution in [0.15, 0.2) is 11.8 Å². The summed E-state index contributed by atoms with van der Waals surface area (Å²) in [6.45, 7) is 9.24. The molecular formula is C15H30O2Si2. The summed E-state index contributed by atoms with van der Waals surface area (Å²) in [5.74, 6) is 0. The molecule has 0 aromatic carbocycles. The Morgan fingerprint density at radius 1 is 1.05 bits per heavy atom. The van der Waals surface area contributed by atoms with Crippen molar-refractivity contribution in [2.45, 2.75) is 69.1 Å². The fourth-order valence-corrected chi connectivity index (χ4v) is 7.27. The van der Waals surface area contributed by atoms with E-state index in [0.29, 0.717) is 5.73 Å². The van der Waals surface area contributed by atoms with Gasteiger partial charge in [-0.1, -0.05) is 31.4 Å². The van der Waals surface area contributed by atoms with E-state index in [1.54, 1.807) is 0 Å². The van der Waals surface area contributed by atoms with Gasteiger partial charge in [0.1, 0.15) is 0 Å². The molecule has 3 atom stereocenters. The number of hydrogen-bond acceptors (Lipinski definition) is 2. The lowest BCUT2D eigenvalue weighted by Gasteiger charge is -2.38. The molecule has 2 saturated heterocycles. The van der Waals surface area contributed by atoms with Crippen molar-refractivity contribution in [3.05, 3.63) is 11.8 Å².